The maximum Gasteiger partial charge on any atom is 0.417 e. The van der Waals surface area contributed by atoms with E-state index in [9.17, 15) is 18.0 Å². The number of carbonyl (C=O) groups is 1. The maximum absolute atomic E-state index is 12.5. The summed E-state index contributed by atoms with van der Waals surface area (Å²) in [5.74, 6) is -0.649. The summed E-state index contributed by atoms with van der Waals surface area (Å²) < 4.78 is 37.5. The van der Waals surface area contributed by atoms with Gasteiger partial charge in [-0.25, -0.2) is 4.98 Å². The summed E-state index contributed by atoms with van der Waals surface area (Å²) in [6.07, 6.45) is -3.04. The van der Waals surface area contributed by atoms with Crippen LogP contribution in [0, 0.1) is 5.92 Å². The molecule has 1 N–H and O–H groups in total. The van der Waals surface area contributed by atoms with Crippen molar-refractivity contribution in [3.05, 3.63) is 22.8 Å². The highest BCUT2D eigenvalue weighted by molar-refractivity contribution is 6.33. The Labute approximate surface area is 118 Å². The largest absolute Gasteiger partial charge is 0.481 e. The number of rotatable bonds is 3. The molecule has 1 saturated heterocycles. The quantitative estimate of drug-likeness (QED) is 0.932. The number of aromatic nitrogens is 1. The number of nitrogens with zero attached hydrogens (tertiary/aromatic N) is 2. The number of halogens is 4. The molecule has 0 spiro atoms. The Kier molecular flexibility index (Phi) is 4.08. The molecule has 2 rings (SSSR count). The van der Waals surface area contributed by atoms with Gasteiger partial charge < -0.3 is 10.0 Å². The molecule has 1 aliphatic rings. The van der Waals surface area contributed by atoms with Crippen LogP contribution in [0.5, 0.6) is 0 Å². The summed E-state index contributed by atoms with van der Waals surface area (Å²) >= 11 is 5.85. The molecule has 1 aromatic rings. The summed E-state index contributed by atoms with van der Waals surface area (Å²) in [4.78, 5) is 16.1. The third kappa shape index (κ3) is 3.33. The maximum atomic E-state index is 12.5. The number of anilines is 1. The minimum Gasteiger partial charge on any atom is -0.481 e. The Morgan fingerprint density at radius 1 is 1.55 bits per heavy atom. The first-order chi connectivity index (χ1) is 9.27. The second-order valence-corrected chi connectivity index (χ2v) is 5.13. The molecule has 4 nitrogen and oxygen atoms in total. The second-order valence-electron chi connectivity index (χ2n) is 4.73. The topological polar surface area (TPSA) is 53.4 Å². The van der Waals surface area contributed by atoms with Crippen molar-refractivity contribution in [2.24, 2.45) is 5.92 Å². The van der Waals surface area contributed by atoms with Gasteiger partial charge in [0.25, 0.3) is 0 Å². The summed E-state index contributed by atoms with van der Waals surface area (Å²) in [6, 6.07) is 0.842. The van der Waals surface area contributed by atoms with Gasteiger partial charge in [-0.05, 0) is 18.4 Å². The predicted molar refractivity (Wildman–Crippen MR) is 66.8 cm³/mol. The molecule has 0 aromatic carbocycles. The third-order valence-electron chi connectivity index (χ3n) is 3.20. The Morgan fingerprint density at radius 3 is 2.80 bits per heavy atom. The van der Waals surface area contributed by atoms with Crippen LogP contribution in [0.4, 0.5) is 19.0 Å². The molecule has 20 heavy (non-hydrogen) atoms. The first kappa shape index (κ1) is 14.9. The van der Waals surface area contributed by atoms with E-state index < -0.39 is 17.7 Å². The lowest BCUT2D eigenvalue weighted by molar-refractivity contribution is -0.138. The minimum atomic E-state index is -4.48. The van der Waals surface area contributed by atoms with Crippen molar-refractivity contribution in [1.29, 1.82) is 0 Å². The molecule has 1 aromatic heterocycles. The molecular weight excluding hydrogens is 297 g/mol. The van der Waals surface area contributed by atoms with E-state index >= 15 is 0 Å². The van der Waals surface area contributed by atoms with Gasteiger partial charge in [-0.1, -0.05) is 11.6 Å². The van der Waals surface area contributed by atoms with Crippen LogP contribution in [-0.4, -0.2) is 29.1 Å². The second kappa shape index (κ2) is 5.47. The number of pyridine rings is 1. The highest BCUT2D eigenvalue weighted by atomic mass is 35.5. The first-order valence-electron chi connectivity index (χ1n) is 5.97. The molecule has 110 valence electrons. The van der Waals surface area contributed by atoms with E-state index in [1.165, 1.54) is 0 Å². The van der Waals surface area contributed by atoms with E-state index in [0.29, 0.717) is 19.5 Å². The van der Waals surface area contributed by atoms with E-state index in [0.717, 1.165) is 12.3 Å². The minimum absolute atomic E-state index is 0.0346. The molecule has 0 bridgehead atoms. The van der Waals surface area contributed by atoms with Gasteiger partial charge in [0.1, 0.15) is 5.82 Å². The number of carboxylic acid groups (broad SMARTS) is 1. The lowest BCUT2D eigenvalue weighted by Gasteiger charge is -2.19. The fourth-order valence-corrected chi connectivity index (χ4v) is 2.54. The number of aliphatic carboxylic acids is 1. The average Bonchev–Trinajstić information content (AvgIpc) is 2.75. The molecule has 1 atom stereocenters. The molecule has 0 saturated carbocycles. The smallest absolute Gasteiger partial charge is 0.417 e. The average molecular weight is 309 g/mol. The Morgan fingerprint density at radius 2 is 2.25 bits per heavy atom. The van der Waals surface area contributed by atoms with Gasteiger partial charge in [0, 0.05) is 25.7 Å². The lowest BCUT2D eigenvalue weighted by Crippen LogP contribution is -2.22. The lowest BCUT2D eigenvalue weighted by atomic mass is 10.1. The highest BCUT2D eigenvalue weighted by Gasteiger charge is 2.33. The van der Waals surface area contributed by atoms with Gasteiger partial charge in [0.2, 0.25) is 0 Å². The van der Waals surface area contributed by atoms with Crippen molar-refractivity contribution in [3.8, 4) is 0 Å². The van der Waals surface area contributed by atoms with Crippen LogP contribution in [0.15, 0.2) is 12.3 Å². The molecule has 0 radical (unpaired) electrons. The molecule has 0 amide bonds. The van der Waals surface area contributed by atoms with Gasteiger partial charge in [-0.15, -0.1) is 0 Å². The molecule has 0 aliphatic carbocycles. The standard InChI is InChI=1S/C12H12ClF3N2O2/c13-9-4-8(12(14,15)16)5-17-11(9)18-2-1-7(6-18)3-10(19)20/h4-5,7H,1-3,6H2,(H,19,20). The molecular formula is C12H12ClF3N2O2. The van der Waals surface area contributed by atoms with Gasteiger partial charge in [-0.2, -0.15) is 13.2 Å². The highest BCUT2D eigenvalue weighted by Crippen LogP contribution is 2.35. The van der Waals surface area contributed by atoms with Crippen molar-refractivity contribution in [2.45, 2.75) is 19.0 Å². The van der Waals surface area contributed by atoms with Gasteiger partial charge >= 0.3 is 12.1 Å². The zero-order valence-corrected chi connectivity index (χ0v) is 11.1. The molecule has 8 heteroatoms. The molecule has 2 heterocycles. The van der Waals surface area contributed by atoms with Crippen molar-refractivity contribution in [3.63, 3.8) is 0 Å². The van der Waals surface area contributed by atoms with E-state index in [-0.39, 0.29) is 23.2 Å². The Hall–Kier alpha value is -1.50. The van der Waals surface area contributed by atoms with Crippen LogP contribution >= 0.6 is 11.6 Å². The number of hydrogen-bond donors (Lipinski definition) is 1. The van der Waals surface area contributed by atoms with Gasteiger partial charge in [-0.3, -0.25) is 4.79 Å². The number of hydrogen-bond acceptors (Lipinski definition) is 3. The fraction of sp³-hybridized carbons (Fsp3) is 0.500. The van der Waals surface area contributed by atoms with Crippen molar-refractivity contribution >= 4 is 23.4 Å². The zero-order valence-electron chi connectivity index (χ0n) is 10.3. The van der Waals surface area contributed by atoms with Crippen LogP contribution in [0.2, 0.25) is 5.02 Å². The summed E-state index contributed by atoms with van der Waals surface area (Å²) in [5, 5.41) is 8.65. The number of alkyl halides is 3. The van der Waals surface area contributed by atoms with Crippen LogP contribution in [0.3, 0.4) is 0 Å². The Bertz CT molecular complexity index is 522. The summed E-state index contributed by atoms with van der Waals surface area (Å²) in [7, 11) is 0. The predicted octanol–water partition coefficient (Wildman–Crippen LogP) is 3.05. The number of carboxylic acids is 1. The molecule has 1 fully saturated rings. The van der Waals surface area contributed by atoms with Crippen molar-refractivity contribution in [2.75, 3.05) is 18.0 Å². The molecule has 1 unspecified atom stereocenters. The van der Waals surface area contributed by atoms with Crippen LogP contribution < -0.4 is 4.90 Å². The normalized spacial score (nSPS) is 19.4. The van der Waals surface area contributed by atoms with Crippen LogP contribution in [0.25, 0.3) is 0 Å². The van der Waals surface area contributed by atoms with E-state index in [2.05, 4.69) is 4.98 Å². The van der Waals surface area contributed by atoms with Crippen LogP contribution in [-0.2, 0) is 11.0 Å². The van der Waals surface area contributed by atoms with Crippen LogP contribution in [0.1, 0.15) is 18.4 Å². The molecule has 1 aliphatic heterocycles. The van der Waals surface area contributed by atoms with Gasteiger partial charge in [0.05, 0.1) is 10.6 Å². The summed E-state index contributed by atoms with van der Waals surface area (Å²) in [6.45, 7) is 0.973. The van der Waals surface area contributed by atoms with Gasteiger partial charge in [0.15, 0.2) is 0 Å². The summed E-state index contributed by atoms with van der Waals surface area (Å²) in [5.41, 5.74) is -0.896. The van der Waals surface area contributed by atoms with E-state index in [1.807, 2.05) is 0 Å². The SMILES string of the molecule is O=C(O)CC1CCN(c2ncc(C(F)(F)F)cc2Cl)C1. The first-order valence-corrected chi connectivity index (χ1v) is 6.34. The fourth-order valence-electron chi connectivity index (χ4n) is 2.26. The third-order valence-corrected chi connectivity index (χ3v) is 3.48. The Balaban J connectivity index is 2.13. The van der Waals surface area contributed by atoms with E-state index in [1.54, 1.807) is 4.90 Å². The monoisotopic (exact) mass is 308 g/mol. The van der Waals surface area contributed by atoms with E-state index in [4.69, 9.17) is 16.7 Å². The zero-order chi connectivity index (χ0) is 14.9. The van der Waals surface area contributed by atoms with Crippen molar-refractivity contribution < 1.29 is 23.1 Å². The van der Waals surface area contributed by atoms with Crippen molar-refractivity contribution in [1.82, 2.24) is 4.98 Å².